The van der Waals surface area contributed by atoms with Crippen LogP contribution in [0.5, 0.6) is 0 Å². The Bertz CT molecular complexity index is 145. The molecule has 0 amide bonds. The third kappa shape index (κ3) is 11.4. The average Bonchev–Trinajstić information content (AvgIpc) is 2.21. The first-order chi connectivity index (χ1) is 6.91. The normalized spacial score (nSPS) is 10.0. The lowest BCUT2D eigenvalue weighted by atomic mass is 10.5. The maximum atomic E-state index is 5.26. The van der Waals surface area contributed by atoms with Crippen molar-refractivity contribution in [3.63, 3.8) is 0 Å². The van der Waals surface area contributed by atoms with Crippen LogP contribution < -0.4 is 5.73 Å². The van der Waals surface area contributed by atoms with Gasteiger partial charge in [0.2, 0.25) is 0 Å². The summed E-state index contributed by atoms with van der Waals surface area (Å²) in [6, 6.07) is 0. The van der Waals surface area contributed by atoms with Gasteiger partial charge in [0, 0.05) is 6.42 Å². The molecule has 82 valence electrons. The molecule has 0 unspecified atom stereocenters. The van der Waals surface area contributed by atoms with E-state index in [0.29, 0.717) is 33.0 Å². The monoisotopic (exact) mass is 202 g/mol. The van der Waals surface area contributed by atoms with Gasteiger partial charge in [0.1, 0.15) is 6.61 Å². The molecule has 0 heterocycles. The smallest absolute Gasteiger partial charge is 0.107 e. The average molecular weight is 202 g/mol. The molecule has 0 aromatic carbocycles. The van der Waals surface area contributed by atoms with E-state index < -0.39 is 0 Å². The number of rotatable bonds is 10. The van der Waals surface area contributed by atoms with Gasteiger partial charge in [-0.05, 0) is 0 Å². The van der Waals surface area contributed by atoms with Crippen molar-refractivity contribution in [3.05, 3.63) is 0 Å². The van der Waals surface area contributed by atoms with E-state index in [1.807, 2.05) is 0 Å². The molecule has 0 aliphatic carbocycles. The Kier molecular flexibility index (Phi) is 11.9. The molecule has 3 N–H and O–H groups in total. The first-order valence-electron chi connectivity index (χ1n) is 4.87. The van der Waals surface area contributed by atoms with Crippen molar-refractivity contribution in [2.75, 3.05) is 46.2 Å². The zero-order valence-corrected chi connectivity index (χ0v) is 8.67. The minimum Gasteiger partial charge on any atom is -0.379 e. The third-order valence-electron chi connectivity index (χ3n) is 1.47. The van der Waals surface area contributed by atoms with Crippen LogP contribution in [-0.4, -0.2) is 46.2 Å². The van der Waals surface area contributed by atoms with Crippen molar-refractivity contribution in [1.82, 2.24) is 0 Å². The van der Waals surface area contributed by atoms with Gasteiger partial charge < -0.3 is 19.9 Å². The molecule has 0 aliphatic rings. The molecule has 0 rings (SSSR count). The van der Waals surface area contributed by atoms with Crippen molar-refractivity contribution < 1.29 is 19.9 Å². The molecular weight excluding hydrogens is 182 g/mol. The second kappa shape index (κ2) is 12.4. The van der Waals surface area contributed by atoms with Gasteiger partial charge in [0.25, 0.3) is 0 Å². The van der Waals surface area contributed by atoms with Crippen LogP contribution in [0, 0.1) is 12.3 Å². The lowest BCUT2D eigenvalue weighted by molar-refractivity contribution is -0.369. The van der Waals surface area contributed by atoms with Crippen LogP contribution in [0.25, 0.3) is 0 Å². The van der Waals surface area contributed by atoms with Gasteiger partial charge in [-0.1, -0.05) is 5.92 Å². The van der Waals surface area contributed by atoms with Gasteiger partial charge in [-0.2, -0.15) is 0 Å². The third-order valence-corrected chi connectivity index (χ3v) is 1.47. The number of terminal acetylenes is 1. The Hall–Kier alpha value is -0.600. The zero-order valence-electron chi connectivity index (χ0n) is 8.67. The number of ether oxygens (including phenoxy) is 3. The first kappa shape index (κ1) is 13.4. The van der Waals surface area contributed by atoms with Crippen LogP contribution in [-0.2, 0) is 14.2 Å². The van der Waals surface area contributed by atoms with E-state index in [1.54, 1.807) is 0 Å². The van der Waals surface area contributed by atoms with E-state index in [-0.39, 0.29) is 0 Å². The van der Waals surface area contributed by atoms with Crippen molar-refractivity contribution in [1.29, 1.82) is 0 Å². The van der Waals surface area contributed by atoms with Crippen molar-refractivity contribution in [3.8, 4) is 12.3 Å². The fraction of sp³-hybridized carbons (Fsp3) is 0.800. The van der Waals surface area contributed by atoms with Crippen LogP contribution in [0.4, 0.5) is 0 Å². The molecule has 0 fully saturated rings. The van der Waals surface area contributed by atoms with Crippen LogP contribution >= 0.6 is 0 Å². The molecule has 0 atom stereocenters. The molecule has 4 heteroatoms. The molecule has 14 heavy (non-hydrogen) atoms. The lowest BCUT2D eigenvalue weighted by Crippen LogP contribution is -2.50. The first-order valence-corrected chi connectivity index (χ1v) is 4.87. The highest BCUT2D eigenvalue weighted by atomic mass is 16.5. The topological polar surface area (TPSA) is 55.3 Å². The summed E-state index contributed by atoms with van der Waals surface area (Å²) in [7, 11) is 0. The van der Waals surface area contributed by atoms with Crippen molar-refractivity contribution >= 4 is 0 Å². The highest BCUT2D eigenvalue weighted by Crippen LogP contribution is 1.82. The Labute approximate surface area is 85.7 Å². The molecule has 0 saturated carbocycles. The predicted octanol–water partition coefficient (Wildman–Crippen LogP) is -0.699. The molecule has 0 aromatic rings. The molecule has 0 spiro atoms. The maximum absolute atomic E-state index is 5.26. The highest BCUT2D eigenvalue weighted by Gasteiger charge is 1.90. The minimum absolute atomic E-state index is 0.351. The number of hydrogen-bond acceptors (Lipinski definition) is 3. The second-order valence-corrected chi connectivity index (χ2v) is 2.69. The van der Waals surface area contributed by atoms with Crippen LogP contribution in [0.1, 0.15) is 6.42 Å². The Morgan fingerprint density at radius 3 is 2.07 bits per heavy atom. The van der Waals surface area contributed by atoms with Gasteiger partial charge in [-0.25, -0.2) is 0 Å². The van der Waals surface area contributed by atoms with E-state index in [2.05, 4.69) is 11.7 Å². The minimum atomic E-state index is 0.351. The van der Waals surface area contributed by atoms with Gasteiger partial charge >= 0.3 is 0 Å². The SMILES string of the molecule is C#CCOCCOCCOCCC[NH3+]. The quantitative estimate of drug-likeness (QED) is 0.376. The second-order valence-electron chi connectivity index (χ2n) is 2.69. The van der Waals surface area contributed by atoms with Gasteiger partial charge in [-0.3, -0.25) is 0 Å². The van der Waals surface area contributed by atoms with E-state index >= 15 is 0 Å². The summed E-state index contributed by atoms with van der Waals surface area (Å²) in [4.78, 5) is 0. The molecule has 0 saturated heterocycles. The van der Waals surface area contributed by atoms with Gasteiger partial charge in [0.05, 0.1) is 39.6 Å². The largest absolute Gasteiger partial charge is 0.379 e. The van der Waals surface area contributed by atoms with Crippen LogP contribution in [0.2, 0.25) is 0 Å². The highest BCUT2D eigenvalue weighted by molar-refractivity contribution is 4.82. The lowest BCUT2D eigenvalue weighted by Gasteiger charge is -2.04. The molecule has 4 nitrogen and oxygen atoms in total. The summed E-state index contributed by atoms with van der Waals surface area (Å²) in [5, 5.41) is 0. The maximum Gasteiger partial charge on any atom is 0.107 e. The Balaban J connectivity index is 2.82. The zero-order chi connectivity index (χ0) is 10.5. The predicted molar refractivity (Wildman–Crippen MR) is 53.7 cm³/mol. The van der Waals surface area contributed by atoms with E-state index in [9.17, 15) is 0 Å². The summed E-state index contributed by atoms with van der Waals surface area (Å²) in [5.41, 5.74) is 3.72. The van der Waals surface area contributed by atoms with E-state index in [4.69, 9.17) is 20.6 Å². The van der Waals surface area contributed by atoms with Crippen LogP contribution in [0.15, 0.2) is 0 Å². The fourth-order valence-corrected chi connectivity index (χ4v) is 0.775. The van der Waals surface area contributed by atoms with Gasteiger partial charge in [-0.15, -0.1) is 6.42 Å². The molecule has 0 aliphatic heterocycles. The molecule has 0 radical (unpaired) electrons. The molecule has 0 aromatic heterocycles. The number of quaternary nitrogens is 1. The summed E-state index contributed by atoms with van der Waals surface area (Å²) < 4.78 is 15.5. The molecule has 0 bridgehead atoms. The Morgan fingerprint density at radius 2 is 1.50 bits per heavy atom. The van der Waals surface area contributed by atoms with Crippen molar-refractivity contribution in [2.45, 2.75) is 6.42 Å². The molecular formula is C10H20NO3+. The summed E-state index contributed by atoms with van der Waals surface area (Å²) in [6.07, 6.45) is 6.00. The summed E-state index contributed by atoms with van der Waals surface area (Å²) in [5.74, 6) is 2.38. The summed E-state index contributed by atoms with van der Waals surface area (Å²) in [6.45, 7) is 4.39. The van der Waals surface area contributed by atoms with Gasteiger partial charge in [0.15, 0.2) is 0 Å². The van der Waals surface area contributed by atoms with E-state index in [0.717, 1.165) is 19.6 Å². The summed E-state index contributed by atoms with van der Waals surface area (Å²) >= 11 is 0. The number of hydrogen-bond donors (Lipinski definition) is 1. The van der Waals surface area contributed by atoms with Crippen molar-refractivity contribution in [2.24, 2.45) is 0 Å². The Morgan fingerprint density at radius 1 is 0.929 bits per heavy atom. The van der Waals surface area contributed by atoms with Crippen LogP contribution in [0.3, 0.4) is 0 Å². The van der Waals surface area contributed by atoms with E-state index in [1.165, 1.54) is 0 Å². The standard InChI is InChI=1S/C10H19NO3/c1-2-5-12-7-9-14-10-8-13-6-3-4-11/h1H,3-11H2/p+1. The fourth-order valence-electron chi connectivity index (χ4n) is 0.775.